The van der Waals surface area contributed by atoms with Crippen molar-refractivity contribution in [3.05, 3.63) is 29.3 Å². The number of aliphatic carboxylic acids is 1. The molecule has 1 N–H and O–H groups in total. The summed E-state index contributed by atoms with van der Waals surface area (Å²) < 4.78 is 0. The Bertz CT molecular complexity index is 391. The third-order valence-electron chi connectivity index (χ3n) is 3.24. The minimum Gasteiger partial charge on any atom is -0.481 e. The monoisotopic (exact) mass is 253 g/mol. The summed E-state index contributed by atoms with van der Waals surface area (Å²) in [5.74, 6) is -0.197. The fraction of sp³-hybridized carbons (Fsp3) is 0.462. The van der Waals surface area contributed by atoms with E-state index in [9.17, 15) is 4.79 Å². The van der Waals surface area contributed by atoms with Crippen molar-refractivity contribution in [3.63, 3.8) is 0 Å². The van der Waals surface area contributed by atoms with Gasteiger partial charge in [-0.2, -0.15) is 0 Å². The van der Waals surface area contributed by atoms with Crippen LogP contribution in [0.1, 0.15) is 19.3 Å². The fourth-order valence-corrected chi connectivity index (χ4v) is 2.41. The molecule has 1 saturated heterocycles. The van der Waals surface area contributed by atoms with Crippen LogP contribution in [0.5, 0.6) is 0 Å². The zero-order valence-electron chi connectivity index (χ0n) is 9.60. The third kappa shape index (κ3) is 3.37. The zero-order valence-corrected chi connectivity index (χ0v) is 10.4. The smallest absolute Gasteiger partial charge is 0.303 e. The number of rotatable bonds is 4. The molecule has 92 valence electrons. The predicted molar refractivity (Wildman–Crippen MR) is 68.6 cm³/mol. The molecule has 0 aromatic heterocycles. The van der Waals surface area contributed by atoms with Crippen LogP contribution in [0.2, 0.25) is 5.02 Å². The van der Waals surface area contributed by atoms with Gasteiger partial charge in [0.2, 0.25) is 0 Å². The van der Waals surface area contributed by atoms with Gasteiger partial charge >= 0.3 is 5.97 Å². The Balaban J connectivity index is 1.89. The molecule has 1 aromatic carbocycles. The summed E-state index contributed by atoms with van der Waals surface area (Å²) in [4.78, 5) is 12.8. The van der Waals surface area contributed by atoms with Crippen LogP contribution in [0, 0.1) is 5.92 Å². The summed E-state index contributed by atoms with van der Waals surface area (Å²) in [7, 11) is 0. The van der Waals surface area contributed by atoms with Gasteiger partial charge in [0.05, 0.1) is 0 Å². The number of hydrogen-bond acceptors (Lipinski definition) is 2. The maximum absolute atomic E-state index is 10.5. The van der Waals surface area contributed by atoms with E-state index in [1.54, 1.807) is 0 Å². The highest BCUT2D eigenvalue weighted by Gasteiger charge is 2.22. The van der Waals surface area contributed by atoms with E-state index < -0.39 is 5.97 Å². The third-order valence-corrected chi connectivity index (χ3v) is 3.50. The minimum absolute atomic E-state index is 0.277. The van der Waals surface area contributed by atoms with E-state index in [1.807, 2.05) is 24.3 Å². The van der Waals surface area contributed by atoms with Crippen molar-refractivity contribution in [2.24, 2.45) is 5.92 Å². The van der Waals surface area contributed by atoms with Crippen LogP contribution in [0.3, 0.4) is 0 Å². The second-order valence-electron chi connectivity index (χ2n) is 4.51. The molecule has 3 nitrogen and oxygen atoms in total. The molecule has 2 rings (SSSR count). The van der Waals surface area contributed by atoms with E-state index in [1.165, 1.54) is 5.69 Å². The lowest BCUT2D eigenvalue weighted by atomic mass is 10.0. The van der Waals surface area contributed by atoms with Gasteiger partial charge in [0, 0.05) is 30.2 Å². The molecule has 1 unspecified atom stereocenters. The summed E-state index contributed by atoms with van der Waals surface area (Å²) in [5.41, 5.74) is 1.17. The molecule has 1 heterocycles. The van der Waals surface area contributed by atoms with Crippen molar-refractivity contribution in [3.8, 4) is 0 Å². The summed E-state index contributed by atoms with van der Waals surface area (Å²) in [6.45, 7) is 1.96. The number of carbonyl (C=O) groups is 1. The molecule has 0 amide bonds. The van der Waals surface area contributed by atoms with Gasteiger partial charge in [-0.15, -0.1) is 0 Å². The number of halogens is 1. The summed E-state index contributed by atoms with van der Waals surface area (Å²) in [6, 6.07) is 7.81. The number of anilines is 1. The molecule has 0 aliphatic carbocycles. The molecular formula is C13H16ClNO2. The molecule has 0 bridgehead atoms. The van der Waals surface area contributed by atoms with Crippen LogP contribution in [-0.2, 0) is 4.79 Å². The Kier molecular flexibility index (Phi) is 3.89. The van der Waals surface area contributed by atoms with Crippen molar-refractivity contribution in [2.75, 3.05) is 18.0 Å². The lowest BCUT2D eigenvalue weighted by Gasteiger charge is -2.18. The molecule has 1 fully saturated rings. The molecule has 0 radical (unpaired) electrons. The van der Waals surface area contributed by atoms with Gasteiger partial charge in [-0.3, -0.25) is 4.79 Å². The van der Waals surface area contributed by atoms with Crippen LogP contribution in [-0.4, -0.2) is 24.2 Å². The van der Waals surface area contributed by atoms with Crippen molar-refractivity contribution in [1.29, 1.82) is 0 Å². The first-order valence-electron chi connectivity index (χ1n) is 5.87. The maximum Gasteiger partial charge on any atom is 0.303 e. The average Bonchev–Trinajstić information content (AvgIpc) is 2.76. The van der Waals surface area contributed by atoms with Crippen molar-refractivity contribution in [2.45, 2.75) is 19.3 Å². The highest BCUT2D eigenvalue weighted by molar-refractivity contribution is 6.30. The Morgan fingerprint density at radius 2 is 2.12 bits per heavy atom. The standard InChI is InChI=1S/C13H16ClNO2/c14-11-2-4-12(5-3-11)15-8-7-10(9-15)1-6-13(16)17/h2-5,10H,1,6-9H2,(H,16,17). The second kappa shape index (κ2) is 5.41. The fourth-order valence-electron chi connectivity index (χ4n) is 2.28. The number of hydrogen-bond donors (Lipinski definition) is 1. The number of nitrogens with zero attached hydrogens (tertiary/aromatic N) is 1. The van der Waals surface area contributed by atoms with Gasteiger partial charge in [-0.1, -0.05) is 11.6 Å². The SMILES string of the molecule is O=C(O)CCC1CCN(c2ccc(Cl)cc2)C1. The Morgan fingerprint density at radius 1 is 1.41 bits per heavy atom. The zero-order chi connectivity index (χ0) is 12.3. The molecule has 1 atom stereocenters. The van der Waals surface area contributed by atoms with Gasteiger partial charge in [0.25, 0.3) is 0 Å². The topological polar surface area (TPSA) is 40.5 Å². The van der Waals surface area contributed by atoms with Crippen LogP contribution in [0.4, 0.5) is 5.69 Å². The Morgan fingerprint density at radius 3 is 2.76 bits per heavy atom. The van der Waals surface area contributed by atoms with Gasteiger partial charge in [-0.05, 0) is 43.0 Å². The van der Waals surface area contributed by atoms with Crippen LogP contribution in [0.25, 0.3) is 0 Å². The molecule has 0 spiro atoms. The Labute approximate surface area is 106 Å². The van der Waals surface area contributed by atoms with Crippen LogP contribution < -0.4 is 4.90 Å². The highest BCUT2D eigenvalue weighted by Crippen LogP contribution is 2.27. The molecule has 17 heavy (non-hydrogen) atoms. The summed E-state index contributed by atoms with van der Waals surface area (Å²) in [6.07, 6.45) is 2.13. The van der Waals surface area contributed by atoms with E-state index >= 15 is 0 Å². The number of carboxylic acids is 1. The largest absolute Gasteiger partial charge is 0.481 e. The first kappa shape index (κ1) is 12.2. The number of carboxylic acid groups (broad SMARTS) is 1. The van der Waals surface area contributed by atoms with E-state index in [0.717, 1.165) is 31.0 Å². The lowest BCUT2D eigenvalue weighted by molar-refractivity contribution is -0.137. The van der Waals surface area contributed by atoms with Gasteiger partial charge in [0.15, 0.2) is 0 Å². The van der Waals surface area contributed by atoms with Gasteiger partial charge < -0.3 is 10.0 Å². The van der Waals surface area contributed by atoms with E-state index in [0.29, 0.717) is 5.92 Å². The molecule has 0 saturated carbocycles. The summed E-state index contributed by atoms with van der Waals surface area (Å²) >= 11 is 5.85. The first-order valence-corrected chi connectivity index (χ1v) is 6.25. The van der Waals surface area contributed by atoms with E-state index in [4.69, 9.17) is 16.7 Å². The maximum atomic E-state index is 10.5. The lowest BCUT2D eigenvalue weighted by Crippen LogP contribution is -2.19. The highest BCUT2D eigenvalue weighted by atomic mass is 35.5. The normalized spacial score (nSPS) is 19.6. The van der Waals surface area contributed by atoms with Crippen molar-refractivity contribution >= 4 is 23.3 Å². The Hall–Kier alpha value is -1.22. The molecule has 1 aliphatic heterocycles. The number of benzene rings is 1. The van der Waals surface area contributed by atoms with Crippen LogP contribution in [0.15, 0.2) is 24.3 Å². The van der Waals surface area contributed by atoms with Crippen LogP contribution >= 0.6 is 11.6 Å². The molecular weight excluding hydrogens is 238 g/mol. The minimum atomic E-state index is -0.699. The molecule has 4 heteroatoms. The second-order valence-corrected chi connectivity index (χ2v) is 4.95. The average molecular weight is 254 g/mol. The predicted octanol–water partition coefficient (Wildman–Crippen LogP) is 3.03. The summed E-state index contributed by atoms with van der Waals surface area (Å²) in [5, 5.41) is 9.40. The quantitative estimate of drug-likeness (QED) is 0.897. The first-order chi connectivity index (χ1) is 8.15. The van der Waals surface area contributed by atoms with Gasteiger partial charge in [0.1, 0.15) is 0 Å². The molecule has 1 aliphatic rings. The van der Waals surface area contributed by atoms with Crippen molar-refractivity contribution < 1.29 is 9.90 Å². The van der Waals surface area contributed by atoms with Crippen molar-refractivity contribution in [1.82, 2.24) is 0 Å². The molecule has 1 aromatic rings. The van der Waals surface area contributed by atoms with E-state index in [2.05, 4.69) is 4.90 Å². The van der Waals surface area contributed by atoms with E-state index in [-0.39, 0.29) is 6.42 Å². The van der Waals surface area contributed by atoms with Gasteiger partial charge in [-0.25, -0.2) is 0 Å².